The molecule has 1 aromatic carbocycles. The van der Waals surface area contributed by atoms with E-state index in [0.717, 1.165) is 36.5 Å². The second-order valence-electron chi connectivity index (χ2n) is 8.09. The van der Waals surface area contributed by atoms with Crippen LogP contribution in [0.1, 0.15) is 41.3 Å². The van der Waals surface area contributed by atoms with Crippen molar-refractivity contribution in [1.29, 1.82) is 0 Å². The van der Waals surface area contributed by atoms with E-state index >= 15 is 0 Å². The minimum atomic E-state index is -0.453. The summed E-state index contributed by atoms with van der Waals surface area (Å²) in [7, 11) is 1.54. The first kappa shape index (κ1) is 23.1. The Morgan fingerprint density at radius 3 is 2.83 bits per heavy atom. The van der Waals surface area contributed by atoms with E-state index in [2.05, 4.69) is 20.2 Å². The molecule has 11 heteroatoms. The van der Waals surface area contributed by atoms with Crippen LogP contribution in [0.4, 0.5) is 0 Å². The highest BCUT2D eigenvalue weighted by molar-refractivity contribution is 6.31. The van der Waals surface area contributed by atoms with Gasteiger partial charge in [0.05, 0.1) is 38.3 Å². The predicted octanol–water partition coefficient (Wildman–Crippen LogP) is 3.81. The van der Waals surface area contributed by atoms with Crippen LogP contribution < -0.4 is 9.47 Å². The van der Waals surface area contributed by atoms with E-state index in [1.165, 1.54) is 28.2 Å². The SMILES string of the molecule is CCOC(=O)c1cnn(-c2nc(OC)c3c(cnn3CCCOc3ccc(Cl)c4c3CCC4)n2)c1. The molecular weight excluding hydrogens is 472 g/mol. The Hall–Kier alpha value is -3.66. The molecule has 3 aromatic heterocycles. The highest BCUT2D eigenvalue weighted by Crippen LogP contribution is 2.35. The van der Waals surface area contributed by atoms with Gasteiger partial charge in [0.1, 0.15) is 16.8 Å². The van der Waals surface area contributed by atoms with Crippen LogP contribution in [-0.2, 0) is 24.1 Å². The van der Waals surface area contributed by atoms with Crippen LogP contribution >= 0.6 is 11.6 Å². The minimum Gasteiger partial charge on any atom is -0.493 e. The molecule has 0 saturated heterocycles. The van der Waals surface area contributed by atoms with Crippen molar-refractivity contribution in [2.45, 2.75) is 39.2 Å². The normalized spacial score (nSPS) is 12.7. The van der Waals surface area contributed by atoms with Gasteiger partial charge in [-0.3, -0.25) is 4.68 Å². The van der Waals surface area contributed by atoms with Crippen molar-refractivity contribution >= 4 is 28.6 Å². The standard InChI is InChI=1S/C24H25ClN6O4/c1-3-34-23(32)15-12-26-31(14-15)24-28-19-13-27-30(21(19)22(29-24)33-2)10-5-11-35-20-9-8-18(25)16-6-4-7-17(16)20/h8-9,12-14H,3-7,10-11H2,1-2H3. The molecule has 35 heavy (non-hydrogen) atoms. The van der Waals surface area contributed by atoms with Gasteiger partial charge >= 0.3 is 5.97 Å². The Labute approximate surface area is 206 Å². The molecule has 0 spiro atoms. The summed E-state index contributed by atoms with van der Waals surface area (Å²) in [6.45, 7) is 3.18. The third-order valence-electron chi connectivity index (χ3n) is 5.89. The van der Waals surface area contributed by atoms with Crippen LogP contribution in [0.25, 0.3) is 17.0 Å². The number of aryl methyl sites for hydroxylation is 1. The zero-order valence-electron chi connectivity index (χ0n) is 19.5. The molecule has 0 aliphatic heterocycles. The molecule has 0 atom stereocenters. The number of benzene rings is 1. The number of halogens is 1. The molecule has 5 rings (SSSR count). The molecule has 182 valence electrons. The van der Waals surface area contributed by atoms with E-state index in [1.807, 2.05) is 12.1 Å². The van der Waals surface area contributed by atoms with Crippen molar-refractivity contribution in [3.8, 4) is 17.6 Å². The molecule has 3 heterocycles. The number of hydrogen-bond acceptors (Lipinski definition) is 8. The lowest BCUT2D eigenvalue weighted by atomic mass is 10.1. The molecule has 0 amide bonds. The smallest absolute Gasteiger partial charge is 0.341 e. The monoisotopic (exact) mass is 496 g/mol. The summed E-state index contributed by atoms with van der Waals surface area (Å²) in [4.78, 5) is 21.0. The highest BCUT2D eigenvalue weighted by Gasteiger charge is 2.20. The van der Waals surface area contributed by atoms with Gasteiger partial charge in [0.15, 0.2) is 0 Å². The largest absolute Gasteiger partial charge is 0.493 e. The Morgan fingerprint density at radius 2 is 2.00 bits per heavy atom. The zero-order valence-corrected chi connectivity index (χ0v) is 20.3. The average Bonchev–Trinajstić information content (AvgIpc) is 3.62. The number of methoxy groups -OCH3 is 1. The summed E-state index contributed by atoms with van der Waals surface area (Å²) < 4.78 is 19.8. The van der Waals surface area contributed by atoms with E-state index in [1.54, 1.807) is 24.9 Å². The Morgan fingerprint density at radius 1 is 1.14 bits per heavy atom. The quantitative estimate of drug-likeness (QED) is 0.254. The van der Waals surface area contributed by atoms with Gasteiger partial charge < -0.3 is 14.2 Å². The summed E-state index contributed by atoms with van der Waals surface area (Å²) in [5.41, 5.74) is 4.05. The molecular formula is C24H25ClN6O4. The molecule has 10 nitrogen and oxygen atoms in total. The third kappa shape index (κ3) is 4.53. The lowest BCUT2D eigenvalue weighted by molar-refractivity contribution is 0.0526. The number of aromatic nitrogens is 6. The Balaban J connectivity index is 1.30. The maximum atomic E-state index is 11.9. The van der Waals surface area contributed by atoms with Crippen LogP contribution in [0.15, 0.2) is 30.7 Å². The summed E-state index contributed by atoms with van der Waals surface area (Å²) in [6, 6.07) is 3.87. The summed E-state index contributed by atoms with van der Waals surface area (Å²) in [6.07, 6.45) is 8.45. The van der Waals surface area contributed by atoms with Crippen molar-refractivity contribution in [1.82, 2.24) is 29.5 Å². The zero-order chi connectivity index (χ0) is 24.4. The average molecular weight is 497 g/mol. The molecule has 1 aliphatic carbocycles. The number of ether oxygens (including phenoxy) is 3. The molecule has 0 N–H and O–H groups in total. The lowest BCUT2D eigenvalue weighted by Gasteiger charge is -2.12. The first-order chi connectivity index (χ1) is 17.1. The number of rotatable bonds is 9. The first-order valence-corrected chi connectivity index (χ1v) is 11.9. The van der Waals surface area contributed by atoms with Crippen LogP contribution in [0, 0.1) is 0 Å². The fourth-order valence-corrected chi connectivity index (χ4v) is 4.55. The molecule has 0 saturated carbocycles. The molecule has 0 fully saturated rings. The number of fused-ring (bicyclic) bond motifs is 2. The molecule has 1 aliphatic rings. The van der Waals surface area contributed by atoms with Gasteiger partial charge in [0.25, 0.3) is 5.95 Å². The van der Waals surface area contributed by atoms with E-state index in [4.69, 9.17) is 25.8 Å². The van der Waals surface area contributed by atoms with Gasteiger partial charge in [-0.05, 0) is 49.4 Å². The third-order valence-corrected chi connectivity index (χ3v) is 6.25. The van der Waals surface area contributed by atoms with Crippen LogP contribution in [0.3, 0.4) is 0 Å². The maximum absolute atomic E-state index is 11.9. The molecule has 0 unspecified atom stereocenters. The van der Waals surface area contributed by atoms with Crippen LogP contribution in [0.5, 0.6) is 11.6 Å². The van der Waals surface area contributed by atoms with Crippen molar-refractivity contribution < 1.29 is 19.0 Å². The Kier molecular flexibility index (Phi) is 6.54. The van der Waals surface area contributed by atoms with E-state index in [-0.39, 0.29) is 12.6 Å². The van der Waals surface area contributed by atoms with Crippen molar-refractivity contribution in [2.24, 2.45) is 0 Å². The predicted molar refractivity (Wildman–Crippen MR) is 129 cm³/mol. The molecule has 0 radical (unpaired) electrons. The van der Waals surface area contributed by atoms with Crippen molar-refractivity contribution in [2.75, 3.05) is 20.3 Å². The number of carbonyl (C=O) groups is 1. The minimum absolute atomic E-state index is 0.268. The number of esters is 1. The number of hydrogen-bond donors (Lipinski definition) is 0. The summed E-state index contributed by atoms with van der Waals surface area (Å²) in [5, 5.41) is 9.47. The fourth-order valence-electron chi connectivity index (χ4n) is 4.28. The maximum Gasteiger partial charge on any atom is 0.341 e. The van der Waals surface area contributed by atoms with E-state index in [9.17, 15) is 4.79 Å². The van der Waals surface area contributed by atoms with Gasteiger partial charge in [0, 0.05) is 24.2 Å². The van der Waals surface area contributed by atoms with Gasteiger partial charge in [-0.1, -0.05) is 11.6 Å². The van der Waals surface area contributed by atoms with E-state index in [0.29, 0.717) is 35.6 Å². The van der Waals surface area contributed by atoms with Crippen LogP contribution in [0.2, 0.25) is 5.02 Å². The van der Waals surface area contributed by atoms with Gasteiger partial charge in [0.2, 0.25) is 5.88 Å². The summed E-state index contributed by atoms with van der Waals surface area (Å²) >= 11 is 6.32. The van der Waals surface area contributed by atoms with E-state index < -0.39 is 5.97 Å². The fraction of sp³-hybridized carbons (Fsp3) is 0.375. The van der Waals surface area contributed by atoms with Gasteiger partial charge in [-0.15, -0.1) is 0 Å². The second-order valence-corrected chi connectivity index (χ2v) is 8.49. The highest BCUT2D eigenvalue weighted by atomic mass is 35.5. The Bertz CT molecular complexity index is 1380. The van der Waals surface area contributed by atoms with Crippen molar-refractivity contribution in [3.63, 3.8) is 0 Å². The molecule has 0 bridgehead atoms. The topological polar surface area (TPSA) is 106 Å². The first-order valence-electron chi connectivity index (χ1n) is 11.5. The number of carbonyl (C=O) groups excluding carboxylic acids is 1. The summed E-state index contributed by atoms with van der Waals surface area (Å²) in [5.74, 6) is 1.10. The van der Waals surface area contributed by atoms with Crippen molar-refractivity contribution in [3.05, 3.63) is 52.4 Å². The number of nitrogens with zero attached hydrogens (tertiary/aromatic N) is 6. The van der Waals surface area contributed by atoms with Crippen LogP contribution in [-0.4, -0.2) is 55.8 Å². The van der Waals surface area contributed by atoms with Gasteiger partial charge in [-0.25, -0.2) is 14.5 Å². The molecule has 4 aromatic rings. The van der Waals surface area contributed by atoms with Gasteiger partial charge in [-0.2, -0.15) is 15.2 Å². The lowest BCUT2D eigenvalue weighted by Crippen LogP contribution is -2.09. The second kappa shape index (κ2) is 9.91.